The van der Waals surface area contributed by atoms with E-state index in [0.29, 0.717) is 5.92 Å². The Balaban J connectivity index is 2.71. The third kappa shape index (κ3) is 4.59. The van der Waals surface area contributed by atoms with Gasteiger partial charge in [0.05, 0.1) is 5.25 Å². The minimum Gasteiger partial charge on any atom is -0.312 e. The zero-order valence-electron chi connectivity index (χ0n) is 11.4. The summed E-state index contributed by atoms with van der Waals surface area (Å²) >= 11 is 0. The monoisotopic (exact) mass is 261 g/mol. The average molecular weight is 261 g/mol. The number of nitrogens with one attached hydrogen (secondary N) is 1. The molecule has 0 saturated heterocycles. The van der Waals surface area contributed by atoms with Crippen molar-refractivity contribution < 1.29 is 8.42 Å². The van der Waals surface area contributed by atoms with Gasteiger partial charge >= 0.3 is 0 Å². The maximum absolute atomic E-state index is 11.7. The Hall–Kier alpha value is -0.0900. The highest BCUT2D eigenvalue weighted by Gasteiger charge is 2.32. The molecule has 2 unspecified atom stereocenters. The van der Waals surface area contributed by atoms with Crippen molar-refractivity contribution in [3.63, 3.8) is 0 Å². The van der Waals surface area contributed by atoms with Crippen LogP contribution in [-0.4, -0.2) is 32.5 Å². The first-order valence-electron chi connectivity index (χ1n) is 6.89. The minimum atomic E-state index is -2.94. The maximum atomic E-state index is 11.7. The Morgan fingerprint density at radius 3 is 2.29 bits per heavy atom. The summed E-state index contributed by atoms with van der Waals surface area (Å²) in [6.45, 7) is 4.90. The van der Waals surface area contributed by atoms with E-state index in [1.165, 1.54) is 38.4 Å². The van der Waals surface area contributed by atoms with Crippen molar-refractivity contribution in [2.45, 2.75) is 63.7 Å². The van der Waals surface area contributed by atoms with Crippen molar-refractivity contribution in [3.8, 4) is 0 Å². The molecule has 0 aliphatic heterocycles. The quantitative estimate of drug-likeness (QED) is 0.798. The van der Waals surface area contributed by atoms with Crippen LogP contribution in [0.4, 0.5) is 0 Å². The lowest BCUT2D eigenvalue weighted by Crippen LogP contribution is -2.48. The van der Waals surface area contributed by atoms with E-state index in [-0.39, 0.29) is 11.3 Å². The van der Waals surface area contributed by atoms with E-state index >= 15 is 0 Å². The van der Waals surface area contributed by atoms with Crippen molar-refractivity contribution in [1.29, 1.82) is 0 Å². The van der Waals surface area contributed by atoms with Crippen LogP contribution in [0, 0.1) is 5.92 Å². The maximum Gasteiger partial charge on any atom is 0.151 e. The third-order valence-corrected chi connectivity index (χ3v) is 5.61. The van der Waals surface area contributed by atoms with Gasteiger partial charge in [0.2, 0.25) is 0 Å². The van der Waals surface area contributed by atoms with Crippen LogP contribution < -0.4 is 5.32 Å². The van der Waals surface area contributed by atoms with E-state index in [9.17, 15) is 8.42 Å². The molecule has 1 rings (SSSR count). The predicted molar refractivity (Wildman–Crippen MR) is 73.0 cm³/mol. The summed E-state index contributed by atoms with van der Waals surface area (Å²) in [5.74, 6) is 0.542. The molecule has 1 N–H and O–H groups in total. The Kier molecular flexibility index (Phi) is 5.93. The highest BCUT2D eigenvalue weighted by molar-refractivity contribution is 7.91. The average Bonchev–Trinajstić information content (AvgIpc) is 2.29. The molecule has 0 radical (unpaired) electrons. The van der Waals surface area contributed by atoms with Gasteiger partial charge in [-0.1, -0.05) is 26.2 Å². The Morgan fingerprint density at radius 2 is 1.82 bits per heavy atom. The molecule has 2 atom stereocenters. The topological polar surface area (TPSA) is 46.2 Å². The standard InChI is InChI=1S/C13H27NO2S/c1-4-10-14-13(11(2)17(3,15)16)12-8-6-5-7-9-12/h11-14H,4-10H2,1-3H3. The molecule has 1 aliphatic carbocycles. The van der Waals surface area contributed by atoms with Gasteiger partial charge in [-0.15, -0.1) is 0 Å². The van der Waals surface area contributed by atoms with Gasteiger partial charge in [0.15, 0.2) is 9.84 Å². The van der Waals surface area contributed by atoms with Gasteiger partial charge in [0, 0.05) is 12.3 Å². The van der Waals surface area contributed by atoms with Crippen LogP contribution in [0.2, 0.25) is 0 Å². The van der Waals surface area contributed by atoms with Gasteiger partial charge in [0.25, 0.3) is 0 Å². The molecule has 0 heterocycles. The predicted octanol–water partition coefficient (Wildman–Crippen LogP) is 2.37. The normalized spacial score (nSPS) is 22.3. The summed E-state index contributed by atoms with van der Waals surface area (Å²) in [6.07, 6.45) is 8.60. The molecule has 0 aromatic carbocycles. The van der Waals surface area contributed by atoms with Gasteiger partial charge in [0.1, 0.15) is 0 Å². The molecule has 3 nitrogen and oxygen atoms in total. The lowest BCUT2D eigenvalue weighted by atomic mass is 9.82. The van der Waals surface area contributed by atoms with Crippen LogP contribution in [-0.2, 0) is 9.84 Å². The second kappa shape index (κ2) is 6.74. The number of sulfone groups is 1. The Labute approximate surface area is 106 Å². The van der Waals surface area contributed by atoms with E-state index in [0.717, 1.165) is 13.0 Å². The molecular formula is C13H27NO2S. The highest BCUT2D eigenvalue weighted by atomic mass is 32.2. The van der Waals surface area contributed by atoms with Gasteiger partial charge in [-0.25, -0.2) is 8.42 Å². The summed E-state index contributed by atoms with van der Waals surface area (Å²) < 4.78 is 23.5. The van der Waals surface area contributed by atoms with Gasteiger partial charge < -0.3 is 5.32 Å². The van der Waals surface area contributed by atoms with Gasteiger partial charge in [-0.05, 0) is 38.6 Å². The fraction of sp³-hybridized carbons (Fsp3) is 1.00. The summed E-state index contributed by atoms with van der Waals surface area (Å²) in [4.78, 5) is 0. The van der Waals surface area contributed by atoms with Crippen molar-refractivity contribution in [1.82, 2.24) is 5.32 Å². The highest BCUT2D eigenvalue weighted by Crippen LogP contribution is 2.29. The fourth-order valence-electron chi connectivity index (χ4n) is 2.79. The second-order valence-electron chi connectivity index (χ2n) is 5.41. The lowest BCUT2D eigenvalue weighted by Gasteiger charge is -2.34. The first-order chi connectivity index (χ1) is 7.96. The number of hydrogen-bond donors (Lipinski definition) is 1. The summed E-state index contributed by atoms with van der Waals surface area (Å²) in [6, 6.07) is 0.144. The van der Waals surface area contributed by atoms with E-state index in [4.69, 9.17) is 0 Å². The van der Waals surface area contributed by atoms with Gasteiger partial charge in [-0.3, -0.25) is 0 Å². The van der Waals surface area contributed by atoms with Crippen LogP contribution in [0.5, 0.6) is 0 Å². The van der Waals surface area contributed by atoms with E-state index in [1.807, 2.05) is 6.92 Å². The second-order valence-corrected chi connectivity index (χ2v) is 7.82. The smallest absolute Gasteiger partial charge is 0.151 e. The van der Waals surface area contributed by atoms with Crippen LogP contribution in [0.25, 0.3) is 0 Å². The SMILES string of the molecule is CCCNC(C1CCCCC1)C(C)S(C)(=O)=O. The molecule has 0 bridgehead atoms. The third-order valence-electron chi connectivity index (χ3n) is 3.97. The van der Waals surface area contributed by atoms with Crippen LogP contribution >= 0.6 is 0 Å². The van der Waals surface area contributed by atoms with Crippen LogP contribution in [0.1, 0.15) is 52.4 Å². The van der Waals surface area contributed by atoms with Crippen molar-refractivity contribution in [3.05, 3.63) is 0 Å². The molecule has 0 amide bonds. The van der Waals surface area contributed by atoms with Crippen molar-refractivity contribution >= 4 is 9.84 Å². The van der Waals surface area contributed by atoms with Crippen LogP contribution in [0.3, 0.4) is 0 Å². The van der Waals surface area contributed by atoms with Gasteiger partial charge in [-0.2, -0.15) is 0 Å². The largest absolute Gasteiger partial charge is 0.312 e. The molecule has 0 aromatic rings. The Bertz CT molecular complexity index is 307. The molecule has 1 fully saturated rings. The molecule has 102 valence electrons. The zero-order chi connectivity index (χ0) is 12.9. The van der Waals surface area contributed by atoms with E-state index in [2.05, 4.69) is 12.2 Å². The van der Waals surface area contributed by atoms with E-state index < -0.39 is 9.84 Å². The summed E-state index contributed by atoms with van der Waals surface area (Å²) in [7, 11) is -2.94. The lowest BCUT2D eigenvalue weighted by molar-refractivity contribution is 0.264. The molecule has 4 heteroatoms. The first-order valence-corrected chi connectivity index (χ1v) is 8.84. The Morgan fingerprint density at radius 1 is 1.24 bits per heavy atom. The summed E-state index contributed by atoms with van der Waals surface area (Å²) in [5.41, 5.74) is 0. The molecule has 1 aliphatic rings. The molecule has 0 spiro atoms. The molecule has 1 saturated carbocycles. The zero-order valence-corrected chi connectivity index (χ0v) is 12.2. The first kappa shape index (κ1) is 15.0. The van der Waals surface area contributed by atoms with Crippen molar-refractivity contribution in [2.24, 2.45) is 5.92 Å². The van der Waals surface area contributed by atoms with Crippen LogP contribution in [0.15, 0.2) is 0 Å². The molecular weight excluding hydrogens is 234 g/mol. The van der Waals surface area contributed by atoms with E-state index in [1.54, 1.807) is 0 Å². The fourth-order valence-corrected chi connectivity index (χ4v) is 3.64. The summed E-state index contributed by atoms with van der Waals surface area (Å²) in [5, 5.41) is 3.20. The molecule has 0 aromatic heterocycles. The number of hydrogen-bond acceptors (Lipinski definition) is 3. The molecule has 17 heavy (non-hydrogen) atoms. The minimum absolute atomic E-state index is 0.144. The number of rotatable bonds is 6. The van der Waals surface area contributed by atoms with Crippen molar-refractivity contribution in [2.75, 3.05) is 12.8 Å².